The number of amides is 2. The minimum Gasteiger partial charge on any atom is -0.497 e. The van der Waals surface area contributed by atoms with Crippen molar-refractivity contribution in [2.45, 2.75) is 38.1 Å². The Hall–Kier alpha value is -2.99. The van der Waals surface area contributed by atoms with Gasteiger partial charge in [0.15, 0.2) is 0 Å². The van der Waals surface area contributed by atoms with Crippen molar-refractivity contribution in [1.29, 1.82) is 0 Å². The minimum atomic E-state index is -0.365. The molecule has 32 heavy (non-hydrogen) atoms. The van der Waals surface area contributed by atoms with Crippen molar-refractivity contribution in [3.8, 4) is 5.75 Å². The summed E-state index contributed by atoms with van der Waals surface area (Å²) in [6, 6.07) is 13.0. The van der Waals surface area contributed by atoms with Crippen molar-refractivity contribution in [3.05, 3.63) is 64.8 Å². The molecule has 6 nitrogen and oxygen atoms in total. The van der Waals surface area contributed by atoms with Crippen LogP contribution in [0.5, 0.6) is 5.75 Å². The Kier molecular flexibility index (Phi) is 6.70. The Morgan fingerprint density at radius 1 is 1.19 bits per heavy atom. The van der Waals surface area contributed by atoms with Gasteiger partial charge < -0.3 is 19.9 Å². The molecule has 0 radical (unpaired) electrons. The quantitative estimate of drug-likeness (QED) is 0.562. The molecule has 3 aromatic rings. The number of methoxy groups -OCH3 is 1. The van der Waals surface area contributed by atoms with Crippen LogP contribution in [-0.2, 0) is 9.59 Å². The van der Waals surface area contributed by atoms with Crippen LogP contribution in [0.2, 0.25) is 5.02 Å². The van der Waals surface area contributed by atoms with E-state index in [2.05, 4.69) is 22.6 Å². The summed E-state index contributed by atoms with van der Waals surface area (Å²) in [5.74, 6) is 1.13. The number of rotatable bonds is 6. The van der Waals surface area contributed by atoms with E-state index in [1.54, 1.807) is 19.2 Å². The molecule has 0 saturated carbocycles. The maximum atomic E-state index is 13.0. The number of halogens is 1. The molecule has 7 heteroatoms. The zero-order valence-electron chi connectivity index (χ0n) is 18.4. The first kappa shape index (κ1) is 22.2. The summed E-state index contributed by atoms with van der Waals surface area (Å²) in [4.78, 5) is 30.0. The van der Waals surface area contributed by atoms with E-state index in [-0.39, 0.29) is 24.3 Å². The number of hydrogen-bond acceptors (Lipinski definition) is 3. The third-order valence-corrected chi connectivity index (χ3v) is 6.49. The summed E-state index contributed by atoms with van der Waals surface area (Å²) in [5, 5.41) is 4.71. The van der Waals surface area contributed by atoms with E-state index in [1.807, 2.05) is 29.2 Å². The average molecular weight is 454 g/mol. The van der Waals surface area contributed by atoms with Gasteiger partial charge in [0.1, 0.15) is 5.75 Å². The van der Waals surface area contributed by atoms with Crippen LogP contribution in [-0.4, -0.2) is 41.9 Å². The predicted octanol–water partition coefficient (Wildman–Crippen LogP) is 4.80. The van der Waals surface area contributed by atoms with Crippen molar-refractivity contribution in [1.82, 2.24) is 15.2 Å². The molecule has 1 unspecified atom stereocenters. The fourth-order valence-electron chi connectivity index (χ4n) is 4.52. The van der Waals surface area contributed by atoms with E-state index in [9.17, 15) is 9.59 Å². The summed E-state index contributed by atoms with van der Waals surface area (Å²) in [6.07, 6.45) is 4.12. The number of aromatic nitrogens is 1. The molecule has 1 fully saturated rings. The summed E-state index contributed by atoms with van der Waals surface area (Å²) < 4.78 is 5.39. The number of benzene rings is 2. The number of likely N-dealkylation sites (tertiary alicyclic amines) is 1. The van der Waals surface area contributed by atoms with Crippen molar-refractivity contribution < 1.29 is 14.3 Å². The fraction of sp³-hybridized carbons (Fsp3) is 0.360. The maximum absolute atomic E-state index is 13.0. The molecule has 1 aromatic heterocycles. The third-order valence-electron chi connectivity index (χ3n) is 6.24. The number of H-pyrrole nitrogens is 1. The largest absolute Gasteiger partial charge is 0.497 e. The van der Waals surface area contributed by atoms with Crippen LogP contribution >= 0.6 is 11.6 Å². The Morgan fingerprint density at radius 3 is 2.56 bits per heavy atom. The molecular formula is C25H28ClN3O3. The highest BCUT2D eigenvalue weighted by Gasteiger charge is 2.27. The number of carbonyl (C=O) groups excluding carboxylic acids is 2. The lowest BCUT2D eigenvalue weighted by Gasteiger charge is -2.33. The van der Waals surface area contributed by atoms with E-state index < -0.39 is 0 Å². The molecule has 0 spiro atoms. The van der Waals surface area contributed by atoms with Gasteiger partial charge in [-0.15, -0.1) is 0 Å². The number of carbonyl (C=O) groups is 2. The molecule has 2 aromatic carbocycles. The van der Waals surface area contributed by atoms with Gasteiger partial charge in [-0.1, -0.05) is 23.7 Å². The molecule has 0 bridgehead atoms. The number of piperidine rings is 1. The van der Waals surface area contributed by atoms with E-state index in [1.165, 1.54) is 17.9 Å². The van der Waals surface area contributed by atoms with Gasteiger partial charge in [-0.2, -0.15) is 0 Å². The molecule has 0 aliphatic carbocycles. The van der Waals surface area contributed by atoms with Crippen LogP contribution < -0.4 is 10.1 Å². The molecular weight excluding hydrogens is 426 g/mol. The first-order chi connectivity index (χ1) is 15.4. The topological polar surface area (TPSA) is 74.4 Å². The van der Waals surface area contributed by atoms with E-state index >= 15 is 0 Å². The summed E-state index contributed by atoms with van der Waals surface area (Å²) in [5.41, 5.74) is 3.25. The van der Waals surface area contributed by atoms with Crippen molar-refractivity contribution >= 4 is 34.3 Å². The average Bonchev–Trinajstić information content (AvgIpc) is 3.22. The molecule has 2 heterocycles. The fourth-order valence-corrected chi connectivity index (χ4v) is 4.65. The number of ether oxygens (including phenoxy) is 1. The number of aromatic amines is 1. The van der Waals surface area contributed by atoms with Gasteiger partial charge in [0.2, 0.25) is 11.8 Å². The Bertz CT molecular complexity index is 1100. The lowest BCUT2D eigenvalue weighted by atomic mass is 9.89. The standard InChI is InChI=1S/C25H28ClN3O3/c1-16(30)28-24(18-3-5-19(26)6-4-18)14-25(31)29-11-9-17(10-12-29)22-15-27-23-8-7-20(32-2)13-21(22)23/h3-8,13,15,17,24,27H,9-12,14H2,1-2H3,(H,28,30). The SMILES string of the molecule is COc1ccc2[nH]cc(C3CCN(C(=O)CC(NC(C)=O)c4ccc(Cl)cc4)CC3)c2c1. The van der Waals surface area contributed by atoms with Gasteiger partial charge >= 0.3 is 0 Å². The van der Waals surface area contributed by atoms with Crippen LogP contribution in [0.25, 0.3) is 10.9 Å². The monoisotopic (exact) mass is 453 g/mol. The molecule has 4 rings (SSSR count). The number of nitrogens with one attached hydrogen (secondary N) is 2. The van der Waals surface area contributed by atoms with Crippen molar-refractivity contribution in [2.24, 2.45) is 0 Å². The van der Waals surface area contributed by atoms with Gasteiger partial charge in [-0.25, -0.2) is 0 Å². The molecule has 2 amide bonds. The smallest absolute Gasteiger partial charge is 0.224 e. The van der Waals surface area contributed by atoms with Crippen molar-refractivity contribution in [3.63, 3.8) is 0 Å². The molecule has 1 aliphatic rings. The van der Waals surface area contributed by atoms with Gasteiger partial charge in [0, 0.05) is 42.1 Å². The van der Waals surface area contributed by atoms with E-state index in [0.717, 1.165) is 29.7 Å². The van der Waals surface area contributed by atoms with Gasteiger partial charge in [0.25, 0.3) is 0 Å². The normalized spacial score (nSPS) is 15.5. The van der Waals surface area contributed by atoms with Gasteiger partial charge in [-0.05, 0) is 60.2 Å². The van der Waals surface area contributed by atoms with Crippen LogP contribution in [0, 0.1) is 0 Å². The summed E-state index contributed by atoms with van der Waals surface area (Å²) >= 11 is 5.99. The number of fused-ring (bicyclic) bond motifs is 1. The second kappa shape index (κ2) is 9.65. The molecule has 1 atom stereocenters. The van der Waals surface area contributed by atoms with Crippen LogP contribution in [0.15, 0.2) is 48.7 Å². The second-order valence-electron chi connectivity index (χ2n) is 8.32. The van der Waals surface area contributed by atoms with E-state index in [0.29, 0.717) is 24.0 Å². The van der Waals surface area contributed by atoms with Crippen LogP contribution in [0.3, 0.4) is 0 Å². The number of nitrogens with zero attached hydrogens (tertiary/aromatic N) is 1. The summed E-state index contributed by atoms with van der Waals surface area (Å²) in [7, 11) is 1.68. The first-order valence-electron chi connectivity index (χ1n) is 10.9. The Balaban J connectivity index is 1.41. The highest BCUT2D eigenvalue weighted by atomic mass is 35.5. The molecule has 168 valence electrons. The third kappa shape index (κ3) is 4.91. The molecule has 2 N–H and O–H groups in total. The first-order valence-corrected chi connectivity index (χ1v) is 11.3. The zero-order valence-corrected chi connectivity index (χ0v) is 19.1. The highest BCUT2D eigenvalue weighted by molar-refractivity contribution is 6.30. The Labute approximate surface area is 192 Å². The van der Waals surface area contributed by atoms with E-state index in [4.69, 9.17) is 16.3 Å². The number of hydrogen-bond donors (Lipinski definition) is 2. The zero-order chi connectivity index (χ0) is 22.7. The molecule has 1 saturated heterocycles. The molecule has 1 aliphatic heterocycles. The lowest BCUT2D eigenvalue weighted by Crippen LogP contribution is -2.40. The van der Waals surface area contributed by atoms with Crippen molar-refractivity contribution in [2.75, 3.05) is 20.2 Å². The second-order valence-corrected chi connectivity index (χ2v) is 8.76. The highest BCUT2D eigenvalue weighted by Crippen LogP contribution is 2.35. The Morgan fingerprint density at radius 2 is 1.91 bits per heavy atom. The van der Waals surface area contributed by atoms with Crippen LogP contribution in [0.4, 0.5) is 0 Å². The lowest BCUT2D eigenvalue weighted by molar-refractivity contribution is -0.133. The predicted molar refractivity (Wildman–Crippen MR) is 126 cm³/mol. The van der Waals surface area contributed by atoms with Crippen LogP contribution in [0.1, 0.15) is 49.3 Å². The summed E-state index contributed by atoms with van der Waals surface area (Å²) in [6.45, 7) is 2.87. The minimum absolute atomic E-state index is 0.0535. The van der Waals surface area contributed by atoms with Gasteiger partial charge in [0.05, 0.1) is 19.6 Å². The maximum Gasteiger partial charge on any atom is 0.224 e. The van der Waals surface area contributed by atoms with Gasteiger partial charge in [-0.3, -0.25) is 9.59 Å².